The van der Waals surface area contributed by atoms with Gasteiger partial charge in [-0.25, -0.2) is 4.79 Å². The van der Waals surface area contributed by atoms with Crippen LogP contribution in [0.15, 0.2) is 41.3 Å². The zero-order chi connectivity index (χ0) is 16.7. The van der Waals surface area contributed by atoms with Crippen LogP contribution in [-0.2, 0) is 19.5 Å². The van der Waals surface area contributed by atoms with E-state index in [-0.39, 0.29) is 11.6 Å². The lowest BCUT2D eigenvalue weighted by Gasteiger charge is -2.28. The summed E-state index contributed by atoms with van der Waals surface area (Å²) in [7, 11) is 0. The Morgan fingerprint density at radius 2 is 2.21 bits per heavy atom. The fourth-order valence-corrected chi connectivity index (χ4v) is 3.33. The molecule has 3 heterocycles. The van der Waals surface area contributed by atoms with E-state index in [1.807, 2.05) is 30.0 Å². The van der Waals surface area contributed by atoms with Crippen LogP contribution in [0.1, 0.15) is 28.5 Å². The number of aromatic amines is 1. The zero-order valence-electron chi connectivity index (χ0n) is 13.5. The number of carbonyl (C=O) groups is 1. The predicted molar refractivity (Wildman–Crippen MR) is 90.9 cm³/mol. The third-order valence-corrected chi connectivity index (χ3v) is 4.59. The molecule has 1 N–H and O–H groups in total. The monoisotopic (exact) mass is 322 g/mol. The molecule has 0 saturated heterocycles. The Labute approximate surface area is 138 Å². The predicted octanol–water partition coefficient (Wildman–Crippen LogP) is 1.94. The molecule has 6 heteroatoms. The number of rotatable bonds is 2. The summed E-state index contributed by atoms with van der Waals surface area (Å²) in [6, 6.07) is 9.32. The second-order valence-corrected chi connectivity index (χ2v) is 5.99. The van der Waals surface area contributed by atoms with Crippen LogP contribution in [0.25, 0.3) is 11.0 Å². The normalized spacial score (nSPS) is 14.0. The summed E-state index contributed by atoms with van der Waals surface area (Å²) in [6.45, 7) is 3.76. The Kier molecular flexibility index (Phi) is 3.45. The van der Waals surface area contributed by atoms with Crippen molar-refractivity contribution in [3.63, 3.8) is 0 Å². The molecule has 2 aromatic heterocycles. The lowest BCUT2D eigenvalue weighted by atomic mass is 10.0. The molecule has 0 saturated carbocycles. The Morgan fingerprint density at radius 3 is 3.04 bits per heavy atom. The third kappa shape index (κ3) is 2.31. The molecule has 0 aliphatic carbocycles. The number of amides is 1. The van der Waals surface area contributed by atoms with Crippen LogP contribution < -0.4 is 5.69 Å². The van der Waals surface area contributed by atoms with Crippen molar-refractivity contribution in [2.75, 3.05) is 6.54 Å². The molecular weight excluding hydrogens is 304 g/mol. The van der Waals surface area contributed by atoms with E-state index in [2.05, 4.69) is 9.97 Å². The van der Waals surface area contributed by atoms with E-state index in [4.69, 9.17) is 0 Å². The molecule has 122 valence electrons. The van der Waals surface area contributed by atoms with Gasteiger partial charge in [0, 0.05) is 43.5 Å². The van der Waals surface area contributed by atoms with Gasteiger partial charge >= 0.3 is 5.69 Å². The van der Waals surface area contributed by atoms with E-state index in [1.54, 1.807) is 22.9 Å². The largest absolute Gasteiger partial charge is 0.334 e. The number of nitrogens with zero attached hydrogens (tertiary/aromatic N) is 3. The molecule has 1 aromatic carbocycles. The first-order chi connectivity index (χ1) is 11.7. The van der Waals surface area contributed by atoms with Crippen molar-refractivity contribution in [3.8, 4) is 0 Å². The molecule has 3 aromatic rings. The molecule has 0 unspecified atom stereocenters. The number of carbonyl (C=O) groups excluding carboxylic acids is 1. The van der Waals surface area contributed by atoms with E-state index in [1.165, 1.54) is 0 Å². The van der Waals surface area contributed by atoms with Crippen LogP contribution in [0.5, 0.6) is 0 Å². The number of hydrogen-bond acceptors (Lipinski definition) is 3. The number of fused-ring (bicyclic) bond motifs is 2. The number of imidazole rings is 1. The average Bonchev–Trinajstić information content (AvgIpc) is 2.94. The maximum Gasteiger partial charge on any atom is 0.326 e. The standard InChI is InChI=1S/C18H18N4O2/c1-2-22-16-6-5-12(10-15(16)20-18(22)24)17(23)21-9-7-14-13(11-21)4-3-8-19-14/h3-6,8,10H,2,7,9,11H2,1H3,(H,20,24). The SMILES string of the molecule is CCn1c(=O)[nH]c2cc(C(=O)N3CCc4ncccc4C3)ccc21. The highest BCUT2D eigenvalue weighted by molar-refractivity contribution is 5.97. The fraction of sp³-hybridized carbons (Fsp3) is 0.278. The maximum absolute atomic E-state index is 12.8. The number of H-pyrrole nitrogens is 1. The number of nitrogens with one attached hydrogen (secondary N) is 1. The highest BCUT2D eigenvalue weighted by atomic mass is 16.2. The first-order valence-corrected chi connectivity index (χ1v) is 8.12. The van der Waals surface area contributed by atoms with Gasteiger partial charge in [-0.15, -0.1) is 0 Å². The van der Waals surface area contributed by atoms with Gasteiger partial charge in [-0.1, -0.05) is 6.07 Å². The van der Waals surface area contributed by atoms with Gasteiger partial charge < -0.3 is 9.88 Å². The van der Waals surface area contributed by atoms with Gasteiger partial charge in [-0.05, 0) is 36.8 Å². The van der Waals surface area contributed by atoms with Crippen molar-refractivity contribution in [2.45, 2.75) is 26.4 Å². The average molecular weight is 322 g/mol. The highest BCUT2D eigenvalue weighted by Crippen LogP contribution is 2.20. The lowest BCUT2D eigenvalue weighted by molar-refractivity contribution is 0.0733. The van der Waals surface area contributed by atoms with E-state index in [0.29, 0.717) is 30.7 Å². The molecule has 6 nitrogen and oxygen atoms in total. The smallest absolute Gasteiger partial charge is 0.326 e. The van der Waals surface area contributed by atoms with Crippen molar-refractivity contribution in [2.24, 2.45) is 0 Å². The van der Waals surface area contributed by atoms with Crippen LogP contribution in [0.3, 0.4) is 0 Å². The van der Waals surface area contributed by atoms with E-state index >= 15 is 0 Å². The van der Waals surface area contributed by atoms with Crippen molar-refractivity contribution >= 4 is 16.9 Å². The van der Waals surface area contributed by atoms with Crippen molar-refractivity contribution < 1.29 is 4.79 Å². The van der Waals surface area contributed by atoms with E-state index in [0.717, 1.165) is 23.2 Å². The summed E-state index contributed by atoms with van der Waals surface area (Å²) in [4.78, 5) is 33.7. The van der Waals surface area contributed by atoms with Gasteiger partial charge in [0.05, 0.1) is 11.0 Å². The second-order valence-electron chi connectivity index (χ2n) is 5.99. The number of benzene rings is 1. The molecule has 0 fully saturated rings. The van der Waals surface area contributed by atoms with Gasteiger partial charge in [-0.3, -0.25) is 14.3 Å². The van der Waals surface area contributed by atoms with Crippen LogP contribution in [-0.4, -0.2) is 31.9 Å². The van der Waals surface area contributed by atoms with Crippen LogP contribution in [0, 0.1) is 0 Å². The van der Waals surface area contributed by atoms with Gasteiger partial charge in [0.25, 0.3) is 5.91 Å². The van der Waals surface area contributed by atoms with Crippen LogP contribution >= 0.6 is 0 Å². The molecule has 1 aliphatic heterocycles. The van der Waals surface area contributed by atoms with Crippen LogP contribution in [0.2, 0.25) is 0 Å². The summed E-state index contributed by atoms with van der Waals surface area (Å²) in [5.41, 5.74) is 4.15. The van der Waals surface area contributed by atoms with Gasteiger partial charge in [-0.2, -0.15) is 0 Å². The topological polar surface area (TPSA) is 71.0 Å². The molecule has 0 radical (unpaired) electrons. The molecular formula is C18H18N4O2. The number of aryl methyl sites for hydroxylation is 1. The van der Waals surface area contributed by atoms with Crippen LogP contribution in [0.4, 0.5) is 0 Å². The Morgan fingerprint density at radius 1 is 1.33 bits per heavy atom. The summed E-state index contributed by atoms with van der Waals surface area (Å²) in [5.74, 6) is -0.0171. The molecule has 4 rings (SSSR count). The summed E-state index contributed by atoms with van der Waals surface area (Å²) in [6.07, 6.45) is 2.56. The quantitative estimate of drug-likeness (QED) is 0.784. The minimum Gasteiger partial charge on any atom is -0.334 e. The lowest BCUT2D eigenvalue weighted by Crippen LogP contribution is -2.36. The van der Waals surface area contributed by atoms with Gasteiger partial charge in [0.1, 0.15) is 0 Å². The van der Waals surface area contributed by atoms with E-state index in [9.17, 15) is 9.59 Å². The number of hydrogen-bond donors (Lipinski definition) is 1. The Hall–Kier alpha value is -2.89. The molecule has 0 atom stereocenters. The van der Waals surface area contributed by atoms with E-state index < -0.39 is 0 Å². The zero-order valence-corrected chi connectivity index (χ0v) is 13.5. The maximum atomic E-state index is 12.8. The second kappa shape index (κ2) is 5.63. The fourth-order valence-electron chi connectivity index (χ4n) is 3.33. The molecule has 0 bridgehead atoms. The summed E-state index contributed by atoms with van der Waals surface area (Å²) >= 11 is 0. The minimum atomic E-state index is -0.143. The third-order valence-electron chi connectivity index (χ3n) is 4.59. The Balaban J connectivity index is 1.65. The molecule has 24 heavy (non-hydrogen) atoms. The summed E-state index contributed by atoms with van der Waals surface area (Å²) in [5, 5.41) is 0. The number of aromatic nitrogens is 3. The highest BCUT2D eigenvalue weighted by Gasteiger charge is 2.22. The number of pyridine rings is 1. The van der Waals surface area contributed by atoms with Crippen molar-refractivity contribution in [3.05, 3.63) is 63.8 Å². The summed E-state index contributed by atoms with van der Waals surface area (Å²) < 4.78 is 1.66. The minimum absolute atomic E-state index is 0.0171. The molecule has 1 amide bonds. The van der Waals surface area contributed by atoms with Crippen molar-refractivity contribution in [1.29, 1.82) is 0 Å². The first kappa shape index (κ1) is 14.7. The first-order valence-electron chi connectivity index (χ1n) is 8.12. The Bertz CT molecular complexity index is 986. The molecule has 0 spiro atoms. The van der Waals surface area contributed by atoms with Crippen molar-refractivity contribution in [1.82, 2.24) is 19.4 Å². The molecule has 1 aliphatic rings. The van der Waals surface area contributed by atoms with Gasteiger partial charge in [0.2, 0.25) is 0 Å². The van der Waals surface area contributed by atoms with Gasteiger partial charge in [0.15, 0.2) is 0 Å².